The molecule has 1 saturated carbocycles. The van der Waals surface area contributed by atoms with E-state index in [9.17, 15) is 13.7 Å². The molecule has 0 amide bonds. The number of hydrogen-bond donors (Lipinski definition) is 0. The molecule has 0 bridgehead atoms. The predicted octanol–water partition coefficient (Wildman–Crippen LogP) is 4.99. The molecule has 0 spiro atoms. The smallest absolute Gasteiger partial charge is 0.211 e. The maximum atomic E-state index is 11.8. The van der Waals surface area contributed by atoms with Gasteiger partial charge in [-0.2, -0.15) is 5.26 Å². The Hall–Kier alpha value is -2.73. The molecule has 0 radical (unpaired) electrons. The normalized spacial score (nSPS) is 22.3. The highest BCUT2D eigenvalue weighted by Crippen LogP contribution is 2.41. The Morgan fingerprint density at radius 2 is 1.89 bits per heavy atom. The van der Waals surface area contributed by atoms with Crippen molar-refractivity contribution in [3.05, 3.63) is 53.2 Å². The van der Waals surface area contributed by atoms with Crippen LogP contribution in [-0.2, 0) is 10.0 Å². The van der Waals surface area contributed by atoms with Crippen molar-refractivity contribution in [1.29, 1.82) is 5.26 Å². The predicted molar refractivity (Wildman–Crippen MR) is 136 cm³/mol. The first-order chi connectivity index (χ1) is 16.8. The number of nitrogens with zero attached hydrogens (tertiary/aromatic N) is 3. The van der Waals surface area contributed by atoms with Crippen LogP contribution in [0.25, 0.3) is 16.6 Å². The van der Waals surface area contributed by atoms with Crippen LogP contribution in [0.1, 0.15) is 31.7 Å². The van der Waals surface area contributed by atoms with Crippen LogP contribution in [0.4, 0.5) is 0 Å². The summed E-state index contributed by atoms with van der Waals surface area (Å²) in [5, 5.41) is 11.0. The molecule has 1 aliphatic heterocycles. The lowest BCUT2D eigenvalue weighted by Crippen LogP contribution is -2.29. The lowest BCUT2D eigenvalue weighted by molar-refractivity contribution is 0.195. The van der Waals surface area contributed by atoms with Crippen molar-refractivity contribution in [1.82, 2.24) is 8.87 Å². The van der Waals surface area contributed by atoms with Gasteiger partial charge in [0.15, 0.2) is 5.75 Å². The zero-order chi connectivity index (χ0) is 24.7. The topological polar surface area (TPSA) is 84.6 Å². The summed E-state index contributed by atoms with van der Waals surface area (Å²) in [5.74, 6) is 1.96. The molecular formula is C26H28ClN3O4S. The van der Waals surface area contributed by atoms with Gasteiger partial charge in [0.1, 0.15) is 11.8 Å². The third kappa shape index (κ3) is 4.73. The third-order valence-corrected chi connectivity index (χ3v) is 8.50. The Kier molecular flexibility index (Phi) is 6.43. The standard InChI is InChI=1S/C26H28ClN3O4S/c1-3-8-33-26-18(14-28)9-21(13-24(26)27)30-7-6-17-10-22(4-5-25(17)30)34-23-11-19-15-29(35(2,31)32)16-20(19)12-23/h4-7,9-10,13,19-20,23H,3,8,11-12,15-16H2,1-2H3. The number of benzene rings is 2. The van der Waals surface area contributed by atoms with E-state index in [-0.39, 0.29) is 6.10 Å². The Balaban J connectivity index is 1.33. The van der Waals surface area contributed by atoms with Crippen molar-refractivity contribution < 1.29 is 17.9 Å². The molecule has 2 fully saturated rings. The molecule has 0 N–H and O–H groups in total. The fourth-order valence-electron chi connectivity index (χ4n) is 5.33. The quantitative estimate of drug-likeness (QED) is 0.444. The highest BCUT2D eigenvalue weighted by Gasteiger charge is 2.44. The van der Waals surface area contributed by atoms with Gasteiger partial charge in [-0.3, -0.25) is 0 Å². The molecule has 184 valence electrons. The average Bonchev–Trinajstić information content (AvgIpc) is 3.50. The van der Waals surface area contributed by atoms with Crippen LogP contribution in [0, 0.1) is 23.2 Å². The van der Waals surface area contributed by atoms with E-state index in [4.69, 9.17) is 21.1 Å². The van der Waals surface area contributed by atoms with E-state index in [0.717, 1.165) is 41.6 Å². The second kappa shape index (κ2) is 9.38. The van der Waals surface area contributed by atoms with Gasteiger partial charge in [0.2, 0.25) is 10.0 Å². The van der Waals surface area contributed by atoms with Gasteiger partial charge in [-0.1, -0.05) is 18.5 Å². The van der Waals surface area contributed by atoms with Crippen molar-refractivity contribution in [2.24, 2.45) is 11.8 Å². The molecule has 9 heteroatoms. The van der Waals surface area contributed by atoms with E-state index < -0.39 is 10.0 Å². The third-order valence-electron chi connectivity index (χ3n) is 6.99. The van der Waals surface area contributed by atoms with E-state index >= 15 is 0 Å². The van der Waals surface area contributed by atoms with E-state index in [0.29, 0.717) is 47.9 Å². The maximum Gasteiger partial charge on any atom is 0.211 e. The van der Waals surface area contributed by atoms with Gasteiger partial charge in [-0.05, 0) is 67.5 Å². The first-order valence-corrected chi connectivity index (χ1v) is 14.1. The molecule has 1 aliphatic carbocycles. The maximum absolute atomic E-state index is 11.8. The van der Waals surface area contributed by atoms with Crippen LogP contribution in [-0.4, -0.2) is 49.3 Å². The van der Waals surface area contributed by atoms with Crippen LogP contribution < -0.4 is 9.47 Å². The number of aromatic nitrogens is 1. The largest absolute Gasteiger partial charge is 0.491 e. The molecule has 1 aromatic heterocycles. The molecular weight excluding hydrogens is 486 g/mol. The number of fused-ring (bicyclic) bond motifs is 2. The molecule has 1 saturated heterocycles. The van der Waals surface area contributed by atoms with E-state index in [1.165, 1.54) is 6.26 Å². The lowest BCUT2D eigenvalue weighted by atomic mass is 10.0. The Bertz CT molecular complexity index is 1400. The minimum atomic E-state index is -3.12. The summed E-state index contributed by atoms with van der Waals surface area (Å²) in [7, 11) is -3.12. The first kappa shape index (κ1) is 24.0. The van der Waals surface area contributed by atoms with Crippen LogP contribution in [0.2, 0.25) is 5.02 Å². The summed E-state index contributed by atoms with van der Waals surface area (Å²) in [4.78, 5) is 0. The minimum Gasteiger partial charge on any atom is -0.491 e. The van der Waals surface area contributed by atoms with Gasteiger partial charge >= 0.3 is 0 Å². The minimum absolute atomic E-state index is 0.0962. The molecule has 35 heavy (non-hydrogen) atoms. The summed E-state index contributed by atoms with van der Waals surface area (Å²) in [6, 6.07) is 13.8. The number of ether oxygens (including phenoxy) is 2. The van der Waals surface area contributed by atoms with Crippen LogP contribution in [0.3, 0.4) is 0 Å². The molecule has 2 unspecified atom stereocenters. The van der Waals surface area contributed by atoms with Crippen molar-refractivity contribution >= 4 is 32.5 Å². The summed E-state index contributed by atoms with van der Waals surface area (Å²) in [6.07, 6.45) is 5.91. The fraction of sp³-hybridized carbons (Fsp3) is 0.423. The molecule has 2 aliphatic rings. The van der Waals surface area contributed by atoms with Crippen molar-refractivity contribution in [3.8, 4) is 23.3 Å². The van der Waals surface area contributed by atoms with Crippen molar-refractivity contribution in [2.75, 3.05) is 26.0 Å². The zero-order valence-electron chi connectivity index (χ0n) is 19.8. The van der Waals surface area contributed by atoms with Gasteiger partial charge < -0.3 is 14.0 Å². The zero-order valence-corrected chi connectivity index (χ0v) is 21.3. The molecule has 7 nitrogen and oxygen atoms in total. The van der Waals surface area contributed by atoms with Gasteiger partial charge in [0.25, 0.3) is 0 Å². The second-order valence-corrected chi connectivity index (χ2v) is 11.9. The summed E-state index contributed by atoms with van der Waals surface area (Å²) in [6.45, 7) is 3.70. The fourth-order valence-corrected chi connectivity index (χ4v) is 6.52. The lowest BCUT2D eigenvalue weighted by Gasteiger charge is -2.18. The molecule has 2 heterocycles. The highest BCUT2D eigenvalue weighted by atomic mass is 35.5. The van der Waals surface area contributed by atoms with Gasteiger partial charge in [0, 0.05) is 30.4 Å². The van der Waals surface area contributed by atoms with Crippen LogP contribution in [0.5, 0.6) is 11.5 Å². The second-order valence-electron chi connectivity index (χ2n) is 9.48. The van der Waals surface area contributed by atoms with E-state index in [1.54, 1.807) is 10.4 Å². The average molecular weight is 514 g/mol. The van der Waals surface area contributed by atoms with E-state index in [2.05, 4.69) is 6.07 Å². The number of nitriles is 1. The highest BCUT2D eigenvalue weighted by molar-refractivity contribution is 7.88. The van der Waals surface area contributed by atoms with Crippen molar-refractivity contribution in [3.63, 3.8) is 0 Å². The number of sulfonamides is 1. The Morgan fingerprint density at radius 1 is 1.14 bits per heavy atom. The number of hydrogen-bond acceptors (Lipinski definition) is 5. The van der Waals surface area contributed by atoms with Crippen LogP contribution >= 0.6 is 11.6 Å². The van der Waals surface area contributed by atoms with E-state index in [1.807, 2.05) is 48.0 Å². The van der Waals surface area contributed by atoms with Gasteiger partial charge in [-0.15, -0.1) is 0 Å². The van der Waals surface area contributed by atoms with Crippen LogP contribution in [0.15, 0.2) is 42.6 Å². The van der Waals surface area contributed by atoms with Gasteiger partial charge in [-0.25, -0.2) is 12.7 Å². The van der Waals surface area contributed by atoms with Gasteiger partial charge in [0.05, 0.1) is 35.1 Å². The summed E-state index contributed by atoms with van der Waals surface area (Å²) < 4.78 is 39.3. The Morgan fingerprint density at radius 3 is 2.54 bits per heavy atom. The number of rotatable bonds is 7. The molecule has 5 rings (SSSR count). The molecule has 3 aromatic rings. The number of halogens is 1. The molecule has 2 atom stereocenters. The summed E-state index contributed by atoms with van der Waals surface area (Å²) in [5.41, 5.74) is 2.17. The molecule has 2 aromatic carbocycles. The first-order valence-electron chi connectivity index (χ1n) is 11.9. The SMILES string of the molecule is CCCOc1c(Cl)cc(-n2ccc3cc(OC4CC5CN(S(C)(=O)=O)CC5C4)ccc32)cc1C#N. The summed E-state index contributed by atoms with van der Waals surface area (Å²) >= 11 is 6.47. The van der Waals surface area contributed by atoms with Crippen molar-refractivity contribution in [2.45, 2.75) is 32.3 Å². The Labute approximate surface area is 210 Å². The monoisotopic (exact) mass is 513 g/mol.